The fourth-order valence-electron chi connectivity index (χ4n) is 5.13. The summed E-state index contributed by atoms with van der Waals surface area (Å²) in [6, 6.07) is 16.4. The maximum absolute atomic E-state index is 13.8. The maximum Gasteiger partial charge on any atom is 0.416 e. The summed E-state index contributed by atoms with van der Waals surface area (Å²) in [7, 11) is 1.61. The third-order valence-electron chi connectivity index (χ3n) is 6.98. The van der Waals surface area contributed by atoms with Gasteiger partial charge >= 0.3 is 6.18 Å². The van der Waals surface area contributed by atoms with E-state index in [1.165, 1.54) is 12.1 Å². The Morgan fingerprint density at radius 1 is 1.00 bits per heavy atom. The van der Waals surface area contributed by atoms with Crippen molar-refractivity contribution in [1.29, 1.82) is 0 Å². The van der Waals surface area contributed by atoms with Gasteiger partial charge in [0.05, 0.1) is 24.8 Å². The second kappa shape index (κ2) is 11.3. The molecule has 10 heteroatoms. The lowest BCUT2D eigenvalue weighted by molar-refractivity contribution is -0.137. The zero-order chi connectivity index (χ0) is 26.5. The summed E-state index contributed by atoms with van der Waals surface area (Å²) < 4.78 is 48.5. The third kappa shape index (κ3) is 5.85. The van der Waals surface area contributed by atoms with Crippen LogP contribution in [0.1, 0.15) is 65.8 Å². The average Bonchev–Trinajstić information content (AvgIpc) is 3.62. The molecule has 2 aromatic heterocycles. The number of tetrazole rings is 1. The minimum absolute atomic E-state index is 0.120. The van der Waals surface area contributed by atoms with Crippen LogP contribution in [0.2, 0.25) is 0 Å². The van der Waals surface area contributed by atoms with Gasteiger partial charge in [-0.1, -0.05) is 43.2 Å². The van der Waals surface area contributed by atoms with E-state index in [-0.39, 0.29) is 6.04 Å². The number of pyridine rings is 1. The van der Waals surface area contributed by atoms with Crippen molar-refractivity contribution in [2.45, 2.75) is 57.0 Å². The number of hydrogen-bond donors (Lipinski definition) is 0. The number of hydrogen-bond acceptors (Lipinski definition) is 6. The molecule has 0 aliphatic heterocycles. The topological polar surface area (TPSA) is 69.0 Å². The van der Waals surface area contributed by atoms with Gasteiger partial charge < -0.3 is 4.74 Å². The van der Waals surface area contributed by atoms with E-state index in [9.17, 15) is 13.2 Å². The van der Waals surface area contributed by atoms with Crippen LogP contribution in [-0.4, -0.2) is 37.2 Å². The predicted octanol–water partition coefficient (Wildman–Crippen LogP) is 6.00. The largest absolute Gasteiger partial charge is 0.497 e. The fourth-order valence-corrected chi connectivity index (χ4v) is 5.13. The summed E-state index contributed by atoms with van der Waals surface area (Å²) in [5.41, 5.74) is 1.68. The molecule has 2 aromatic carbocycles. The van der Waals surface area contributed by atoms with E-state index in [1.54, 1.807) is 25.6 Å². The Labute approximate surface area is 219 Å². The van der Waals surface area contributed by atoms with Crippen LogP contribution in [0.25, 0.3) is 0 Å². The summed E-state index contributed by atoms with van der Waals surface area (Å²) in [4.78, 5) is 6.35. The molecular formula is C28H29F3N6O. The molecule has 0 saturated heterocycles. The first-order chi connectivity index (χ1) is 18.4. The minimum Gasteiger partial charge on any atom is -0.497 e. The molecule has 0 spiro atoms. The Morgan fingerprint density at radius 2 is 1.76 bits per heavy atom. The van der Waals surface area contributed by atoms with Crippen molar-refractivity contribution in [2.75, 3.05) is 7.11 Å². The second-order valence-electron chi connectivity index (χ2n) is 9.56. The van der Waals surface area contributed by atoms with Gasteiger partial charge in [-0.15, -0.1) is 5.10 Å². The molecular weight excluding hydrogens is 493 g/mol. The lowest BCUT2D eigenvalue weighted by Gasteiger charge is -2.32. The van der Waals surface area contributed by atoms with Crippen LogP contribution in [0.4, 0.5) is 13.2 Å². The molecule has 2 heterocycles. The van der Waals surface area contributed by atoms with Crippen LogP contribution >= 0.6 is 0 Å². The van der Waals surface area contributed by atoms with Crippen molar-refractivity contribution >= 4 is 0 Å². The van der Waals surface area contributed by atoms with Gasteiger partial charge in [0, 0.05) is 25.5 Å². The third-order valence-corrected chi connectivity index (χ3v) is 6.98. The zero-order valence-electron chi connectivity index (χ0n) is 21.1. The fraction of sp³-hybridized carbons (Fsp3) is 0.357. The van der Waals surface area contributed by atoms with E-state index in [0.717, 1.165) is 48.6 Å². The second-order valence-corrected chi connectivity index (χ2v) is 9.56. The van der Waals surface area contributed by atoms with Gasteiger partial charge in [-0.05, 0) is 70.3 Å². The molecule has 0 N–H and O–H groups in total. The van der Waals surface area contributed by atoms with Gasteiger partial charge in [-0.3, -0.25) is 9.88 Å². The highest BCUT2D eigenvalue weighted by Crippen LogP contribution is 2.37. The Bertz CT molecular complexity index is 1320. The van der Waals surface area contributed by atoms with Gasteiger partial charge in [-0.25, -0.2) is 4.68 Å². The van der Waals surface area contributed by atoms with Crippen LogP contribution in [0.5, 0.6) is 5.75 Å². The minimum atomic E-state index is -4.47. The van der Waals surface area contributed by atoms with Gasteiger partial charge in [0.1, 0.15) is 5.75 Å². The normalized spacial score (nSPS) is 15.2. The molecule has 0 bridgehead atoms. The summed E-state index contributed by atoms with van der Waals surface area (Å²) >= 11 is 0. The Morgan fingerprint density at radius 3 is 2.45 bits per heavy atom. The first-order valence-electron chi connectivity index (χ1n) is 12.6. The molecule has 1 atom stereocenters. The van der Waals surface area contributed by atoms with Crippen LogP contribution in [0.3, 0.4) is 0 Å². The zero-order valence-corrected chi connectivity index (χ0v) is 21.1. The summed E-state index contributed by atoms with van der Waals surface area (Å²) in [6.07, 6.45) is 3.02. The van der Waals surface area contributed by atoms with Gasteiger partial charge in [-0.2, -0.15) is 13.2 Å². The standard InChI is InChI=1S/C28H29F3N6O/c1-38-25-13-11-20(12-14-25)18-36(19-21-6-5-15-32-17-21)26(22-7-4-8-23(16-22)28(29,30)31)27-33-34-35-37(27)24-9-2-3-10-24/h4-8,11-17,24,26H,2-3,9-10,18-19H2,1H3/t26-/m0/s1. The molecule has 38 heavy (non-hydrogen) atoms. The SMILES string of the molecule is COc1ccc(CN(Cc2cccnc2)[C@@H](c2cccc(C(F)(F)F)c2)c2nnnn2C2CCCC2)cc1. The van der Waals surface area contributed by atoms with Crippen molar-refractivity contribution in [2.24, 2.45) is 0 Å². The average molecular weight is 523 g/mol. The molecule has 7 nitrogen and oxygen atoms in total. The maximum atomic E-state index is 13.8. The number of ether oxygens (including phenoxy) is 1. The molecule has 4 aromatic rings. The number of alkyl halides is 3. The van der Waals surface area contributed by atoms with Crippen molar-refractivity contribution in [3.8, 4) is 5.75 Å². The monoisotopic (exact) mass is 522 g/mol. The number of halogens is 3. The van der Waals surface area contributed by atoms with E-state index in [0.29, 0.717) is 24.5 Å². The predicted molar refractivity (Wildman–Crippen MR) is 135 cm³/mol. The number of methoxy groups -OCH3 is 1. The number of aromatic nitrogens is 5. The van der Waals surface area contributed by atoms with Crippen LogP contribution < -0.4 is 4.74 Å². The van der Waals surface area contributed by atoms with Gasteiger partial charge in [0.15, 0.2) is 5.82 Å². The van der Waals surface area contributed by atoms with Crippen molar-refractivity contribution in [1.82, 2.24) is 30.1 Å². The lowest BCUT2D eigenvalue weighted by atomic mass is 9.99. The van der Waals surface area contributed by atoms with Crippen LogP contribution in [0.15, 0.2) is 73.1 Å². The highest BCUT2D eigenvalue weighted by Gasteiger charge is 2.35. The van der Waals surface area contributed by atoms with E-state index < -0.39 is 17.8 Å². The van der Waals surface area contributed by atoms with E-state index in [1.807, 2.05) is 41.1 Å². The number of benzene rings is 2. The molecule has 5 rings (SSSR count). The number of nitrogens with zero attached hydrogens (tertiary/aromatic N) is 6. The van der Waals surface area contributed by atoms with E-state index in [4.69, 9.17) is 4.74 Å². The molecule has 1 saturated carbocycles. The molecule has 0 amide bonds. The first kappa shape index (κ1) is 25.8. The molecule has 0 radical (unpaired) electrons. The van der Waals surface area contributed by atoms with E-state index in [2.05, 4.69) is 25.4 Å². The quantitative estimate of drug-likeness (QED) is 0.269. The highest BCUT2D eigenvalue weighted by molar-refractivity contribution is 5.33. The Kier molecular flexibility index (Phi) is 7.69. The summed E-state index contributed by atoms with van der Waals surface area (Å²) in [6.45, 7) is 0.871. The molecule has 1 aliphatic rings. The lowest BCUT2D eigenvalue weighted by Crippen LogP contribution is -2.32. The van der Waals surface area contributed by atoms with Crippen molar-refractivity contribution < 1.29 is 17.9 Å². The molecule has 198 valence electrons. The molecule has 1 aliphatic carbocycles. The van der Waals surface area contributed by atoms with Crippen LogP contribution in [-0.2, 0) is 19.3 Å². The van der Waals surface area contributed by atoms with Gasteiger partial charge in [0.2, 0.25) is 0 Å². The van der Waals surface area contributed by atoms with Gasteiger partial charge in [0.25, 0.3) is 0 Å². The van der Waals surface area contributed by atoms with Crippen molar-refractivity contribution in [3.63, 3.8) is 0 Å². The van der Waals surface area contributed by atoms with E-state index >= 15 is 0 Å². The van der Waals surface area contributed by atoms with Crippen LogP contribution in [0, 0.1) is 0 Å². The summed E-state index contributed by atoms with van der Waals surface area (Å²) in [5, 5.41) is 12.7. The highest BCUT2D eigenvalue weighted by atomic mass is 19.4. The Hall–Kier alpha value is -3.79. The molecule has 1 fully saturated rings. The molecule has 0 unspecified atom stereocenters. The smallest absolute Gasteiger partial charge is 0.416 e. The first-order valence-corrected chi connectivity index (χ1v) is 12.6. The van der Waals surface area contributed by atoms with Crippen molar-refractivity contribution in [3.05, 3.63) is 101 Å². The number of rotatable bonds is 9. The Balaban J connectivity index is 1.63. The summed E-state index contributed by atoms with van der Waals surface area (Å²) in [5.74, 6) is 1.26.